The third-order valence-electron chi connectivity index (χ3n) is 2.36. The predicted molar refractivity (Wildman–Crippen MR) is 69.4 cm³/mol. The highest BCUT2D eigenvalue weighted by atomic mass is 19.4. The molecule has 0 aliphatic carbocycles. The Bertz CT molecular complexity index is 631. The Labute approximate surface area is 122 Å². The molecule has 0 atom stereocenters. The predicted octanol–water partition coefficient (Wildman–Crippen LogP) is 1.73. The van der Waals surface area contributed by atoms with Crippen molar-refractivity contribution in [3.8, 4) is 6.07 Å². The fraction of sp³-hybridized carbons (Fsp3) is 0.154. The van der Waals surface area contributed by atoms with Crippen LogP contribution in [0.5, 0.6) is 0 Å². The number of nitrogens with one attached hydrogen (secondary N) is 2. The van der Waals surface area contributed by atoms with Crippen molar-refractivity contribution < 1.29 is 27.9 Å². The van der Waals surface area contributed by atoms with Crippen molar-refractivity contribution in [2.24, 2.45) is 0 Å². The first-order valence-electron chi connectivity index (χ1n) is 5.78. The summed E-state index contributed by atoms with van der Waals surface area (Å²) in [6.07, 6.45) is -3.48. The summed E-state index contributed by atoms with van der Waals surface area (Å²) in [6.45, 7) is -0.655. The van der Waals surface area contributed by atoms with Crippen LogP contribution in [0, 0.1) is 11.3 Å². The lowest BCUT2D eigenvalue weighted by Crippen LogP contribution is -2.30. The number of halogens is 3. The van der Waals surface area contributed by atoms with Crippen molar-refractivity contribution in [3.05, 3.63) is 41.6 Å². The van der Waals surface area contributed by atoms with Gasteiger partial charge in [-0.3, -0.25) is 9.59 Å². The van der Waals surface area contributed by atoms with Gasteiger partial charge in [0.05, 0.1) is 5.56 Å². The van der Waals surface area contributed by atoms with Gasteiger partial charge in [0.15, 0.2) is 0 Å². The zero-order valence-corrected chi connectivity index (χ0v) is 10.9. The van der Waals surface area contributed by atoms with Crippen LogP contribution in [0.25, 0.3) is 0 Å². The highest BCUT2D eigenvalue weighted by Gasteiger charge is 2.29. The summed E-state index contributed by atoms with van der Waals surface area (Å²) in [5, 5.41) is 21.6. The molecule has 0 radical (unpaired) electrons. The zero-order chi connectivity index (χ0) is 16.8. The van der Waals surface area contributed by atoms with Crippen LogP contribution in [0.15, 0.2) is 36.0 Å². The summed E-state index contributed by atoms with van der Waals surface area (Å²) in [5.74, 6) is -2.19. The van der Waals surface area contributed by atoms with E-state index >= 15 is 0 Å². The number of hydrogen-bond donors (Lipinski definition) is 3. The Kier molecular flexibility index (Phi) is 5.51. The molecule has 9 heteroatoms. The molecule has 6 nitrogen and oxygen atoms in total. The van der Waals surface area contributed by atoms with Gasteiger partial charge in [-0.2, -0.15) is 18.4 Å². The molecule has 0 spiro atoms. The number of aliphatic carboxylic acids is 1. The molecule has 1 amide bonds. The molecule has 1 rings (SSSR count). The molecule has 0 unspecified atom stereocenters. The maximum absolute atomic E-state index is 12.4. The molecule has 3 N–H and O–H groups in total. The highest BCUT2D eigenvalue weighted by Crippen LogP contribution is 2.29. The van der Waals surface area contributed by atoms with Crippen LogP contribution in [-0.2, 0) is 15.8 Å². The first kappa shape index (κ1) is 17.0. The maximum atomic E-state index is 12.4. The Balaban J connectivity index is 2.74. The number of nitrogens with zero attached hydrogens (tertiary/aromatic N) is 1. The fourth-order valence-electron chi connectivity index (χ4n) is 1.31. The second-order valence-corrected chi connectivity index (χ2v) is 3.97. The van der Waals surface area contributed by atoms with Crippen LogP contribution in [-0.4, -0.2) is 23.5 Å². The van der Waals surface area contributed by atoms with Crippen molar-refractivity contribution >= 4 is 17.6 Å². The lowest BCUT2D eigenvalue weighted by atomic mass is 10.2. The minimum atomic E-state index is -4.46. The molecule has 1 aromatic carbocycles. The molecule has 0 saturated heterocycles. The van der Waals surface area contributed by atoms with Gasteiger partial charge in [-0.25, -0.2) is 0 Å². The van der Waals surface area contributed by atoms with E-state index in [0.29, 0.717) is 0 Å². The molecule has 0 saturated carbocycles. The number of anilines is 1. The van der Waals surface area contributed by atoms with E-state index < -0.39 is 35.7 Å². The van der Waals surface area contributed by atoms with Crippen molar-refractivity contribution in [1.82, 2.24) is 5.32 Å². The van der Waals surface area contributed by atoms with Gasteiger partial charge < -0.3 is 15.7 Å². The van der Waals surface area contributed by atoms with E-state index in [1.54, 1.807) is 6.07 Å². The quantitative estimate of drug-likeness (QED) is 0.567. The van der Waals surface area contributed by atoms with E-state index in [1.807, 2.05) is 5.32 Å². The number of hydrogen-bond acceptors (Lipinski definition) is 4. The number of carbonyl (C=O) groups excluding carboxylic acids is 1. The van der Waals surface area contributed by atoms with Gasteiger partial charge in [-0.1, -0.05) is 0 Å². The molecule has 22 heavy (non-hydrogen) atoms. The maximum Gasteiger partial charge on any atom is 0.416 e. The molecule has 116 valence electrons. The third-order valence-corrected chi connectivity index (χ3v) is 2.36. The van der Waals surface area contributed by atoms with Gasteiger partial charge in [0.25, 0.3) is 5.91 Å². The average Bonchev–Trinajstić information content (AvgIpc) is 2.45. The van der Waals surface area contributed by atoms with Crippen molar-refractivity contribution in [2.75, 3.05) is 11.9 Å². The SMILES string of the molecule is N#C/C(=C/Nc1ccc(C(F)(F)F)cc1)C(=O)NCC(=O)O. The summed E-state index contributed by atoms with van der Waals surface area (Å²) < 4.78 is 37.1. The summed E-state index contributed by atoms with van der Waals surface area (Å²) >= 11 is 0. The largest absolute Gasteiger partial charge is 0.480 e. The number of benzene rings is 1. The number of carbonyl (C=O) groups is 2. The van der Waals surface area contributed by atoms with Gasteiger partial charge in [-0.15, -0.1) is 0 Å². The van der Waals surface area contributed by atoms with Crippen LogP contribution in [0.2, 0.25) is 0 Å². The van der Waals surface area contributed by atoms with Crippen LogP contribution in [0.1, 0.15) is 5.56 Å². The molecule has 0 aliphatic heterocycles. The molecule has 0 fully saturated rings. The Morgan fingerprint density at radius 1 is 1.27 bits per heavy atom. The van der Waals surface area contributed by atoms with Crippen LogP contribution in [0.4, 0.5) is 18.9 Å². The molecule has 0 bridgehead atoms. The number of amides is 1. The molecule has 1 aromatic rings. The number of nitriles is 1. The Morgan fingerprint density at radius 3 is 2.32 bits per heavy atom. The summed E-state index contributed by atoms with van der Waals surface area (Å²) in [4.78, 5) is 21.7. The van der Waals surface area contributed by atoms with E-state index in [2.05, 4.69) is 5.32 Å². The van der Waals surface area contributed by atoms with E-state index in [9.17, 15) is 22.8 Å². The molecule has 0 aromatic heterocycles. The summed E-state index contributed by atoms with van der Waals surface area (Å²) in [5.41, 5.74) is -1.02. The second-order valence-electron chi connectivity index (χ2n) is 3.97. The van der Waals surface area contributed by atoms with E-state index in [0.717, 1.165) is 30.5 Å². The van der Waals surface area contributed by atoms with Gasteiger partial charge >= 0.3 is 12.1 Å². The Morgan fingerprint density at radius 2 is 1.86 bits per heavy atom. The van der Waals surface area contributed by atoms with Gasteiger partial charge in [0.1, 0.15) is 18.2 Å². The lowest BCUT2D eigenvalue weighted by molar-refractivity contribution is -0.138. The summed E-state index contributed by atoms with van der Waals surface area (Å²) in [6, 6.07) is 5.48. The fourth-order valence-corrected chi connectivity index (χ4v) is 1.31. The van der Waals surface area contributed by atoms with E-state index in [-0.39, 0.29) is 5.69 Å². The average molecular weight is 313 g/mol. The van der Waals surface area contributed by atoms with Crippen molar-refractivity contribution in [2.45, 2.75) is 6.18 Å². The summed E-state index contributed by atoms with van der Waals surface area (Å²) in [7, 11) is 0. The van der Waals surface area contributed by atoms with Crippen LogP contribution < -0.4 is 10.6 Å². The number of rotatable bonds is 5. The minimum Gasteiger partial charge on any atom is -0.480 e. The molecule has 0 aliphatic rings. The lowest BCUT2D eigenvalue weighted by Gasteiger charge is -2.07. The number of carboxylic acid groups (broad SMARTS) is 1. The number of carboxylic acids is 1. The van der Waals surface area contributed by atoms with Crippen molar-refractivity contribution in [1.29, 1.82) is 5.26 Å². The standard InChI is InChI=1S/C13H10F3N3O3/c14-13(15,16)9-1-3-10(4-2-9)18-6-8(5-17)12(22)19-7-11(20)21/h1-4,6,18H,7H2,(H,19,22)(H,20,21)/b8-6-. The molecular weight excluding hydrogens is 303 g/mol. The normalized spacial score (nSPS) is 11.5. The van der Waals surface area contributed by atoms with Crippen LogP contribution >= 0.6 is 0 Å². The van der Waals surface area contributed by atoms with Crippen molar-refractivity contribution in [3.63, 3.8) is 0 Å². The number of alkyl halides is 3. The minimum absolute atomic E-state index is 0.229. The monoisotopic (exact) mass is 313 g/mol. The molecular formula is C13H10F3N3O3. The topological polar surface area (TPSA) is 102 Å². The van der Waals surface area contributed by atoms with Gasteiger partial charge in [-0.05, 0) is 24.3 Å². The Hall–Kier alpha value is -3.02. The van der Waals surface area contributed by atoms with Crippen LogP contribution in [0.3, 0.4) is 0 Å². The van der Waals surface area contributed by atoms with Gasteiger partial charge in [0.2, 0.25) is 0 Å². The highest BCUT2D eigenvalue weighted by molar-refractivity contribution is 5.98. The van der Waals surface area contributed by atoms with E-state index in [4.69, 9.17) is 10.4 Å². The van der Waals surface area contributed by atoms with E-state index in [1.165, 1.54) is 0 Å². The smallest absolute Gasteiger partial charge is 0.416 e. The zero-order valence-electron chi connectivity index (χ0n) is 10.9. The molecule has 0 heterocycles. The first-order chi connectivity index (χ1) is 10.2. The third kappa shape index (κ3) is 5.16. The first-order valence-corrected chi connectivity index (χ1v) is 5.78. The second kappa shape index (κ2) is 7.12. The van der Waals surface area contributed by atoms with Gasteiger partial charge in [0, 0.05) is 11.9 Å².